The summed E-state index contributed by atoms with van der Waals surface area (Å²) in [5.74, 6) is 0.825. The number of aromatic nitrogens is 3. The predicted molar refractivity (Wildman–Crippen MR) is 83.9 cm³/mol. The molecule has 1 amide bonds. The Morgan fingerprint density at radius 2 is 1.77 bits per heavy atom. The monoisotopic (exact) mass is 291 g/mol. The van der Waals surface area contributed by atoms with E-state index in [1.54, 1.807) is 36.8 Å². The fraction of sp³-hybridized carbons (Fsp3) is 0. The summed E-state index contributed by atoms with van der Waals surface area (Å²) >= 11 is 0. The van der Waals surface area contributed by atoms with Crippen molar-refractivity contribution in [1.29, 1.82) is 0 Å². The van der Waals surface area contributed by atoms with Gasteiger partial charge in [-0.3, -0.25) is 9.78 Å². The van der Waals surface area contributed by atoms with E-state index in [-0.39, 0.29) is 5.91 Å². The van der Waals surface area contributed by atoms with Crippen molar-refractivity contribution in [3.05, 3.63) is 72.8 Å². The van der Waals surface area contributed by atoms with Crippen molar-refractivity contribution in [2.24, 2.45) is 0 Å². The Bertz CT molecular complexity index is 762. The Morgan fingerprint density at radius 3 is 2.55 bits per heavy atom. The zero-order valence-corrected chi connectivity index (χ0v) is 11.6. The molecule has 3 aromatic rings. The second kappa shape index (κ2) is 6.45. The van der Waals surface area contributed by atoms with Crippen molar-refractivity contribution >= 4 is 23.2 Å². The van der Waals surface area contributed by atoms with Crippen molar-refractivity contribution in [3.8, 4) is 0 Å². The fourth-order valence-electron chi connectivity index (χ4n) is 1.84. The summed E-state index contributed by atoms with van der Waals surface area (Å²) in [6, 6.07) is 14.4. The van der Waals surface area contributed by atoms with Gasteiger partial charge in [0.1, 0.15) is 17.3 Å². The summed E-state index contributed by atoms with van der Waals surface area (Å²) < 4.78 is 0. The second-order valence-corrected chi connectivity index (χ2v) is 4.44. The van der Waals surface area contributed by atoms with Crippen LogP contribution in [-0.2, 0) is 0 Å². The Labute approximate surface area is 127 Å². The summed E-state index contributed by atoms with van der Waals surface area (Å²) in [5.41, 5.74) is 1.04. The van der Waals surface area contributed by atoms with Crippen LogP contribution in [-0.4, -0.2) is 20.9 Å². The Morgan fingerprint density at radius 1 is 0.909 bits per heavy atom. The molecule has 0 bridgehead atoms. The molecule has 2 heterocycles. The van der Waals surface area contributed by atoms with Gasteiger partial charge in [-0.05, 0) is 24.3 Å². The molecule has 0 spiro atoms. The molecule has 0 saturated heterocycles. The second-order valence-electron chi connectivity index (χ2n) is 4.44. The van der Waals surface area contributed by atoms with E-state index in [9.17, 15) is 4.79 Å². The van der Waals surface area contributed by atoms with Gasteiger partial charge in [0.25, 0.3) is 5.91 Å². The number of carbonyl (C=O) groups excluding carboxylic acids is 1. The molecule has 0 aliphatic heterocycles. The molecule has 0 radical (unpaired) electrons. The smallest absolute Gasteiger partial charge is 0.274 e. The maximum atomic E-state index is 12.2. The van der Waals surface area contributed by atoms with Crippen LogP contribution in [0.3, 0.4) is 0 Å². The molecule has 2 aromatic heterocycles. The van der Waals surface area contributed by atoms with Crippen LogP contribution < -0.4 is 10.6 Å². The van der Waals surface area contributed by atoms with Gasteiger partial charge in [0, 0.05) is 18.1 Å². The fourth-order valence-corrected chi connectivity index (χ4v) is 1.84. The number of amides is 1. The van der Waals surface area contributed by atoms with Crippen molar-refractivity contribution in [1.82, 2.24) is 15.0 Å². The number of rotatable bonds is 4. The lowest BCUT2D eigenvalue weighted by Crippen LogP contribution is -2.14. The highest BCUT2D eigenvalue weighted by molar-refractivity contribution is 6.03. The zero-order valence-electron chi connectivity index (χ0n) is 11.6. The molecule has 0 atom stereocenters. The SMILES string of the molecule is O=C(Nc1ccccc1)c1cccc(Nc2cnccn2)n1. The third kappa shape index (κ3) is 3.43. The van der Waals surface area contributed by atoms with E-state index >= 15 is 0 Å². The standard InChI is InChI=1S/C16H13N5O/c22-16(19-12-5-2-1-3-6-12)13-7-4-8-14(20-13)21-15-11-17-9-10-18-15/h1-11H,(H,19,22)(H,18,20,21). The van der Waals surface area contributed by atoms with Crippen LogP contribution in [0.4, 0.5) is 17.3 Å². The largest absolute Gasteiger partial charge is 0.324 e. The first kappa shape index (κ1) is 13.7. The number of nitrogens with one attached hydrogen (secondary N) is 2. The van der Waals surface area contributed by atoms with Gasteiger partial charge in [0.2, 0.25) is 0 Å². The molecule has 0 aliphatic rings. The van der Waals surface area contributed by atoms with Crippen LogP contribution in [0.15, 0.2) is 67.1 Å². The van der Waals surface area contributed by atoms with Gasteiger partial charge in [0.05, 0.1) is 6.20 Å². The van der Waals surface area contributed by atoms with E-state index in [0.29, 0.717) is 17.3 Å². The lowest BCUT2D eigenvalue weighted by molar-refractivity contribution is 0.102. The topological polar surface area (TPSA) is 79.8 Å². The van der Waals surface area contributed by atoms with E-state index in [4.69, 9.17) is 0 Å². The summed E-state index contributed by atoms with van der Waals surface area (Å²) in [5, 5.41) is 5.79. The van der Waals surface area contributed by atoms with Crippen LogP contribution in [0.1, 0.15) is 10.5 Å². The maximum Gasteiger partial charge on any atom is 0.274 e. The number of benzene rings is 1. The minimum atomic E-state index is -0.269. The number of carbonyl (C=O) groups is 1. The average molecular weight is 291 g/mol. The highest BCUT2D eigenvalue weighted by Crippen LogP contribution is 2.12. The molecule has 6 nitrogen and oxygen atoms in total. The molecular weight excluding hydrogens is 278 g/mol. The molecule has 0 unspecified atom stereocenters. The normalized spacial score (nSPS) is 10.0. The van der Waals surface area contributed by atoms with Gasteiger partial charge in [-0.15, -0.1) is 0 Å². The highest BCUT2D eigenvalue weighted by Gasteiger charge is 2.08. The van der Waals surface area contributed by atoms with Crippen LogP contribution in [0.2, 0.25) is 0 Å². The first-order valence-corrected chi connectivity index (χ1v) is 6.68. The minimum Gasteiger partial charge on any atom is -0.324 e. The van der Waals surface area contributed by atoms with Crippen molar-refractivity contribution in [2.45, 2.75) is 0 Å². The number of hydrogen-bond acceptors (Lipinski definition) is 5. The lowest BCUT2D eigenvalue weighted by Gasteiger charge is -2.07. The maximum absolute atomic E-state index is 12.2. The predicted octanol–water partition coefficient (Wildman–Crippen LogP) is 2.87. The molecular formula is C16H13N5O. The van der Waals surface area contributed by atoms with E-state index in [0.717, 1.165) is 5.69 Å². The minimum absolute atomic E-state index is 0.269. The summed E-state index contributed by atoms with van der Waals surface area (Å²) in [7, 11) is 0. The molecule has 0 aliphatic carbocycles. The highest BCUT2D eigenvalue weighted by atomic mass is 16.1. The van der Waals surface area contributed by atoms with Gasteiger partial charge in [-0.2, -0.15) is 0 Å². The third-order valence-electron chi connectivity index (χ3n) is 2.83. The van der Waals surface area contributed by atoms with Gasteiger partial charge in [0.15, 0.2) is 0 Å². The zero-order chi connectivity index (χ0) is 15.2. The third-order valence-corrected chi connectivity index (χ3v) is 2.83. The Kier molecular flexibility index (Phi) is 4.01. The van der Waals surface area contributed by atoms with Crippen molar-refractivity contribution in [3.63, 3.8) is 0 Å². The summed E-state index contributed by atoms with van der Waals surface area (Å²) in [6.07, 6.45) is 4.75. The van der Waals surface area contributed by atoms with Crippen LogP contribution in [0.25, 0.3) is 0 Å². The quantitative estimate of drug-likeness (QED) is 0.772. The van der Waals surface area contributed by atoms with E-state index < -0.39 is 0 Å². The van der Waals surface area contributed by atoms with Crippen LogP contribution in [0, 0.1) is 0 Å². The van der Waals surface area contributed by atoms with E-state index in [2.05, 4.69) is 25.6 Å². The van der Waals surface area contributed by atoms with Crippen molar-refractivity contribution in [2.75, 3.05) is 10.6 Å². The molecule has 22 heavy (non-hydrogen) atoms. The molecule has 0 fully saturated rings. The van der Waals surface area contributed by atoms with Gasteiger partial charge >= 0.3 is 0 Å². The first-order chi connectivity index (χ1) is 10.8. The molecule has 3 rings (SSSR count). The van der Waals surface area contributed by atoms with E-state index in [1.807, 2.05) is 30.3 Å². The summed E-state index contributed by atoms with van der Waals surface area (Å²) in [4.78, 5) is 24.5. The van der Waals surface area contributed by atoms with Crippen molar-refractivity contribution < 1.29 is 4.79 Å². The van der Waals surface area contributed by atoms with Crippen LogP contribution >= 0.6 is 0 Å². The molecule has 0 saturated carbocycles. The summed E-state index contributed by atoms with van der Waals surface area (Å²) in [6.45, 7) is 0. The van der Waals surface area contributed by atoms with Crippen LogP contribution in [0.5, 0.6) is 0 Å². The Balaban J connectivity index is 1.75. The van der Waals surface area contributed by atoms with E-state index in [1.165, 1.54) is 0 Å². The lowest BCUT2D eigenvalue weighted by atomic mass is 10.3. The van der Waals surface area contributed by atoms with Gasteiger partial charge in [-0.25, -0.2) is 9.97 Å². The molecule has 2 N–H and O–H groups in total. The number of para-hydroxylation sites is 1. The number of pyridine rings is 1. The number of anilines is 3. The van der Waals surface area contributed by atoms with Gasteiger partial charge < -0.3 is 10.6 Å². The number of nitrogens with zero attached hydrogens (tertiary/aromatic N) is 3. The first-order valence-electron chi connectivity index (χ1n) is 6.68. The molecule has 1 aromatic carbocycles. The average Bonchev–Trinajstić information content (AvgIpc) is 2.57. The Hall–Kier alpha value is -3.28. The molecule has 6 heteroatoms. The van der Waals surface area contributed by atoms with Gasteiger partial charge in [-0.1, -0.05) is 24.3 Å². The number of hydrogen-bond donors (Lipinski definition) is 2. The molecule has 108 valence electrons.